The number of aromatic nitrogens is 1. The number of thioether (sulfide) groups is 1. The number of hydrogen-bond donors (Lipinski definition) is 1. The molecule has 0 bridgehead atoms. The Bertz CT molecular complexity index is 1070. The van der Waals surface area contributed by atoms with Crippen molar-refractivity contribution in [2.75, 3.05) is 0 Å². The minimum Gasteiger partial charge on any atom is -0.543 e. The van der Waals surface area contributed by atoms with Gasteiger partial charge in [0.2, 0.25) is 5.91 Å². The van der Waals surface area contributed by atoms with Crippen LogP contribution in [0.1, 0.15) is 13.8 Å². The number of nitro benzene ring substituents is 1. The molecule has 4 atom stereocenters. The Kier molecular flexibility index (Phi) is 6.10. The van der Waals surface area contributed by atoms with Crippen LogP contribution in [0.15, 0.2) is 33.1 Å². The van der Waals surface area contributed by atoms with E-state index in [0.29, 0.717) is 19.5 Å². The third-order valence-electron chi connectivity index (χ3n) is 5.06. The van der Waals surface area contributed by atoms with Gasteiger partial charge in [-0.1, -0.05) is 18.7 Å². The van der Waals surface area contributed by atoms with Crippen molar-refractivity contribution in [2.45, 2.75) is 30.3 Å². The number of carbonyl (C=O) groups is 2. The zero-order chi connectivity index (χ0) is 20.3. The normalized spacial score (nSPS) is 24.2. The molecular weight excluding hydrogens is 429 g/mol. The van der Waals surface area contributed by atoms with Crippen molar-refractivity contribution < 1.29 is 54.3 Å². The summed E-state index contributed by atoms with van der Waals surface area (Å²) in [5.41, 5.74) is 0.335. The second kappa shape index (κ2) is 7.97. The van der Waals surface area contributed by atoms with E-state index in [4.69, 9.17) is 0 Å². The van der Waals surface area contributed by atoms with Gasteiger partial charge in [0.05, 0.1) is 44.9 Å². The van der Waals surface area contributed by atoms with Gasteiger partial charge in [-0.2, -0.15) is 0 Å². The first-order valence-corrected chi connectivity index (χ1v) is 10.0. The number of carboxylic acid groups (broad SMARTS) is 1. The number of carbonyl (C=O) groups excluding carboxylic acids is 2. The van der Waals surface area contributed by atoms with Gasteiger partial charge in [0.15, 0.2) is 4.34 Å². The molecule has 29 heavy (non-hydrogen) atoms. The molecule has 1 fully saturated rings. The van der Waals surface area contributed by atoms with Crippen LogP contribution in [0.5, 0.6) is 0 Å². The summed E-state index contributed by atoms with van der Waals surface area (Å²) in [5, 5.41) is 32.5. The zero-order valence-corrected chi connectivity index (χ0v) is 19.3. The number of carboxylic acids is 1. The molecule has 0 saturated carbocycles. The molecule has 1 saturated heterocycles. The predicted octanol–water partition coefficient (Wildman–Crippen LogP) is -1.88. The number of non-ortho nitro benzene ring substituents is 1. The van der Waals surface area contributed by atoms with Crippen LogP contribution in [0.25, 0.3) is 10.2 Å². The summed E-state index contributed by atoms with van der Waals surface area (Å²) in [6.45, 7) is 3.31. The Morgan fingerprint density at radius 1 is 1.45 bits per heavy atom. The Balaban J connectivity index is 0.00000240. The molecule has 9 nitrogen and oxygen atoms in total. The fraction of sp³-hybridized carbons (Fsp3) is 0.353. The fourth-order valence-corrected chi connectivity index (χ4v) is 6.16. The molecule has 0 unspecified atom stereocenters. The first-order valence-electron chi connectivity index (χ1n) is 8.40. The second-order valence-corrected chi connectivity index (χ2v) is 9.06. The van der Waals surface area contributed by atoms with E-state index < -0.39 is 34.9 Å². The van der Waals surface area contributed by atoms with Crippen LogP contribution in [0, 0.1) is 22.0 Å². The van der Waals surface area contributed by atoms with Crippen LogP contribution in [-0.4, -0.2) is 43.9 Å². The molecule has 0 radical (unpaired) electrons. The summed E-state index contributed by atoms with van der Waals surface area (Å²) in [7, 11) is 0. The maximum Gasteiger partial charge on any atom is 1.00 e. The number of nitro groups is 1. The third-order valence-corrected chi connectivity index (χ3v) is 7.43. The maximum absolute atomic E-state index is 12.3. The van der Waals surface area contributed by atoms with E-state index in [2.05, 4.69) is 4.98 Å². The van der Waals surface area contributed by atoms with Gasteiger partial charge in [-0.15, -0.1) is 11.3 Å². The van der Waals surface area contributed by atoms with Gasteiger partial charge in [0, 0.05) is 23.0 Å². The quantitative estimate of drug-likeness (QED) is 0.245. The van der Waals surface area contributed by atoms with Gasteiger partial charge in [-0.05, 0) is 13.0 Å². The molecule has 2 aliphatic rings. The van der Waals surface area contributed by atoms with Gasteiger partial charge >= 0.3 is 29.6 Å². The van der Waals surface area contributed by atoms with Crippen LogP contribution in [0.3, 0.4) is 0 Å². The van der Waals surface area contributed by atoms with E-state index in [0.717, 1.165) is 11.8 Å². The molecule has 2 aliphatic heterocycles. The van der Waals surface area contributed by atoms with Crippen LogP contribution < -0.4 is 34.7 Å². The van der Waals surface area contributed by atoms with Gasteiger partial charge in [0.25, 0.3) is 5.69 Å². The number of aliphatic hydroxyl groups excluding tert-OH is 1. The third kappa shape index (κ3) is 3.49. The Morgan fingerprint density at radius 2 is 2.14 bits per heavy atom. The summed E-state index contributed by atoms with van der Waals surface area (Å²) in [6.07, 6.45) is -0.883. The van der Waals surface area contributed by atoms with Crippen molar-refractivity contribution in [3.05, 3.63) is 38.9 Å². The van der Waals surface area contributed by atoms with E-state index in [-0.39, 0.29) is 46.9 Å². The Morgan fingerprint density at radius 3 is 2.72 bits per heavy atom. The molecular formula is C17H14N3NaO6S2. The number of amides is 1. The maximum atomic E-state index is 12.3. The number of benzene rings is 1. The molecule has 146 valence electrons. The van der Waals surface area contributed by atoms with E-state index in [1.807, 2.05) is 0 Å². The molecule has 12 heteroatoms. The summed E-state index contributed by atoms with van der Waals surface area (Å²) in [5.74, 6) is -2.84. The van der Waals surface area contributed by atoms with E-state index in [9.17, 15) is 29.9 Å². The largest absolute Gasteiger partial charge is 1.00 e. The van der Waals surface area contributed by atoms with Gasteiger partial charge < -0.3 is 19.9 Å². The summed E-state index contributed by atoms with van der Waals surface area (Å²) < 4.78 is 1.12. The summed E-state index contributed by atoms with van der Waals surface area (Å²) >= 11 is 2.33. The number of aliphatic hydroxyl groups is 1. The average molecular weight is 443 g/mol. The molecule has 0 spiro atoms. The van der Waals surface area contributed by atoms with E-state index in [1.165, 1.54) is 35.3 Å². The molecule has 2 aromatic rings. The van der Waals surface area contributed by atoms with Crippen molar-refractivity contribution in [3.63, 3.8) is 0 Å². The molecule has 0 aliphatic carbocycles. The molecule has 1 aromatic heterocycles. The number of nitrogens with zero attached hydrogens (tertiary/aromatic N) is 3. The molecule has 1 amide bonds. The predicted molar refractivity (Wildman–Crippen MR) is 99.1 cm³/mol. The number of rotatable bonds is 5. The van der Waals surface area contributed by atoms with Crippen molar-refractivity contribution >= 4 is 50.9 Å². The topological polar surface area (TPSA) is 137 Å². The van der Waals surface area contributed by atoms with Crippen LogP contribution in [-0.2, 0) is 9.59 Å². The summed E-state index contributed by atoms with van der Waals surface area (Å²) in [4.78, 5) is 40.5. The monoisotopic (exact) mass is 443 g/mol. The first-order chi connectivity index (χ1) is 13.2. The van der Waals surface area contributed by atoms with Crippen LogP contribution in [0.2, 0.25) is 0 Å². The van der Waals surface area contributed by atoms with E-state index in [1.54, 1.807) is 13.0 Å². The molecule has 1 N–H and O–H groups in total. The number of β-lactam (4-membered cyclic amide) rings is 1. The standard InChI is InChI=1S/C17H15N3O6S2.Na/c1-6-12-11(7(2)21)15(22)19(12)13(16(23)24)14(6)28-17-18-9-4-3-8(20(25)26)5-10(9)27-17;/h3-7,11-12,21H,1-2H3,(H,23,24);/q;+1/p-1/t6-,7-,11-,12-;/m1./s1. The number of hydrogen-bond acceptors (Lipinski definition) is 9. The fourth-order valence-electron chi connectivity index (χ4n) is 3.79. The van der Waals surface area contributed by atoms with E-state index >= 15 is 0 Å². The van der Waals surface area contributed by atoms with Gasteiger partial charge in [0.1, 0.15) is 0 Å². The molecule has 4 rings (SSSR count). The minimum absolute atomic E-state index is 0. The molecule has 1 aromatic carbocycles. The zero-order valence-electron chi connectivity index (χ0n) is 15.7. The number of fused-ring (bicyclic) bond motifs is 2. The smallest absolute Gasteiger partial charge is 0.543 e. The second-order valence-electron chi connectivity index (χ2n) is 6.75. The Hall–Kier alpha value is -1.50. The molecule has 3 heterocycles. The summed E-state index contributed by atoms with van der Waals surface area (Å²) in [6, 6.07) is 3.89. The van der Waals surface area contributed by atoms with Crippen molar-refractivity contribution in [1.82, 2.24) is 9.88 Å². The first kappa shape index (κ1) is 22.2. The number of thiazole rings is 1. The van der Waals surface area contributed by atoms with Crippen molar-refractivity contribution in [3.8, 4) is 0 Å². The number of aliphatic carboxylic acids is 1. The van der Waals surface area contributed by atoms with Crippen LogP contribution >= 0.6 is 23.1 Å². The van der Waals surface area contributed by atoms with Gasteiger partial charge in [-0.3, -0.25) is 14.9 Å². The SMILES string of the molecule is C[C@@H](O)[C@H]1C(=O)N2C(C(=O)[O-])=C(Sc3nc4ccc([N+](=O)[O-])cc4s3)[C@H](C)[C@H]12.[Na+]. The van der Waals surface area contributed by atoms with Crippen LogP contribution in [0.4, 0.5) is 5.69 Å². The van der Waals surface area contributed by atoms with Gasteiger partial charge in [-0.25, -0.2) is 4.98 Å². The van der Waals surface area contributed by atoms with Crippen molar-refractivity contribution in [1.29, 1.82) is 0 Å². The van der Waals surface area contributed by atoms with Crippen molar-refractivity contribution in [2.24, 2.45) is 11.8 Å². The Labute approximate surface area is 195 Å². The average Bonchev–Trinajstić information content (AvgIpc) is 3.11. The minimum atomic E-state index is -1.45.